The Hall–Kier alpha value is -0.590. The molecule has 0 bridgehead atoms. The van der Waals surface area contributed by atoms with Crippen molar-refractivity contribution >= 4 is 31.6 Å². The predicted octanol–water partition coefficient (Wildman–Crippen LogP) is 2.11. The van der Waals surface area contributed by atoms with Crippen LogP contribution in [0, 0.1) is 12.8 Å². The van der Waals surface area contributed by atoms with Gasteiger partial charge < -0.3 is 5.32 Å². The first-order chi connectivity index (χ1) is 8.46. The molecular weight excluding hydrogens is 316 g/mol. The van der Waals surface area contributed by atoms with Crippen LogP contribution in [-0.4, -0.2) is 27.3 Å². The standard InChI is InChI=1S/C12H17BrN2O2S/c1-9-2-3-11(6-12(9)13)15-18(16,17)8-10-4-5-14-7-10/h2-3,6,10,14-15H,4-5,7-8H2,1H3. The summed E-state index contributed by atoms with van der Waals surface area (Å²) in [5.74, 6) is 0.405. The van der Waals surface area contributed by atoms with Crippen molar-refractivity contribution in [1.29, 1.82) is 0 Å². The Balaban J connectivity index is 2.04. The molecule has 1 aliphatic rings. The molecule has 4 nitrogen and oxygen atoms in total. The maximum atomic E-state index is 12.0. The highest BCUT2D eigenvalue weighted by molar-refractivity contribution is 9.10. The van der Waals surface area contributed by atoms with E-state index in [2.05, 4.69) is 26.0 Å². The van der Waals surface area contributed by atoms with Crippen molar-refractivity contribution < 1.29 is 8.42 Å². The molecule has 2 N–H and O–H groups in total. The third-order valence-corrected chi connectivity index (χ3v) is 5.37. The number of benzene rings is 1. The van der Waals surface area contributed by atoms with Gasteiger partial charge in [0.1, 0.15) is 0 Å². The molecule has 1 saturated heterocycles. The van der Waals surface area contributed by atoms with Crippen molar-refractivity contribution in [1.82, 2.24) is 5.32 Å². The number of hydrogen-bond acceptors (Lipinski definition) is 3. The molecule has 0 aromatic heterocycles. The van der Waals surface area contributed by atoms with Gasteiger partial charge in [-0.25, -0.2) is 8.42 Å². The van der Waals surface area contributed by atoms with Gasteiger partial charge in [-0.3, -0.25) is 4.72 Å². The van der Waals surface area contributed by atoms with Crippen LogP contribution in [0.5, 0.6) is 0 Å². The number of sulfonamides is 1. The smallest absolute Gasteiger partial charge is 0.233 e. The molecular formula is C12H17BrN2O2S. The summed E-state index contributed by atoms with van der Waals surface area (Å²) in [5, 5.41) is 3.18. The summed E-state index contributed by atoms with van der Waals surface area (Å²) >= 11 is 3.40. The lowest BCUT2D eigenvalue weighted by atomic mass is 10.2. The van der Waals surface area contributed by atoms with Gasteiger partial charge in [-0.15, -0.1) is 0 Å². The van der Waals surface area contributed by atoms with Gasteiger partial charge in [-0.2, -0.15) is 0 Å². The van der Waals surface area contributed by atoms with Crippen molar-refractivity contribution in [3.05, 3.63) is 28.2 Å². The topological polar surface area (TPSA) is 58.2 Å². The Labute approximate surface area is 116 Å². The van der Waals surface area contributed by atoms with Crippen molar-refractivity contribution in [3.8, 4) is 0 Å². The van der Waals surface area contributed by atoms with E-state index in [9.17, 15) is 8.42 Å². The number of nitrogens with one attached hydrogen (secondary N) is 2. The molecule has 1 atom stereocenters. The number of halogens is 1. The van der Waals surface area contributed by atoms with E-state index in [1.54, 1.807) is 12.1 Å². The van der Waals surface area contributed by atoms with Crippen LogP contribution in [-0.2, 0) is 10.0 Å². The van der Waals surface area contributed by atoms with Crippen molar-refractivity contribution in [2.24, 2.45) is 5.92 Å². The highest BCUT2D eigenvalue weighted by Gasteiger charge is 2.22. The molecule has 0 saturated carbocycles. The van der Waals surface area contributed by atoms with Crippen LogP contribution in [0.4, 0.5) is 5.69 Å². The SMILES string of the molecule is Cc1ccc(NS(=O)(=O)CC2CCNC2)cc1Br. The number of aryl methyl sites for hydroxylation is 1. The van der Waals surface area contributed by atoms with E-state index in [0.717, 1.165) is 29.5 Å². The summed E-state index contributed by atoms with van der Waals surface area (Å²) in [6.45, 7) is 3.67. The molecule has 0 aliphatic carbocycles. The largest absolute Gasteiger partial charge is 0.316 e. The van der Waals surface area contributed by atoms with Gasteiger partial charge in [-0.05, 0) is 50.0 Å². The molecule has 1 aromatic rings. The maximum Gasteiger partial charge on any atom is 0.233 e. The average Bonchev–Trinajstić information content (AvgIpc) is 2.75. The molecule has 18 heavy (non-hydrogen) atoms. The summed E-state index contributed by atoms with van der Waals surface area (Å²) in [7, 11) is -3.26. The van der Waals surface area contributed by atoms with Crippen molar-refractivity contribution in [2.45, 2.75) is 13.3 Å². The van der Waals surface area contributed by atoms with Crippen LogP contribution in [0.25, 0.3) is 0 Å². The van der Waals surface area contributed by atoms with Gasteiger partial charge in [0.2, 0.25) is 10.0 Å². The normalized spacial score (nSPS) is 20.0. The van der Waals surface area contributed by atoms with Crippen LogP contribution in [0.15, 0.2) is 22.7 Å². The van der Waals surface area contributed by atoms with Crippen LogP contribution < -0.4 is 10.0 Å². The summed E-state index contributed by atoms with van der Waals surface area (Å²) in [6, 6.07) is 5.46. The minimum Gasteiger partial charge on any atom is -0.316 e. The van der Waals surface area contributed by atoms with Crippen molar-refractivity contribution in [2.75, 3.05) is 23.6 Å². The first kappa shape index (κ1) is 13.8. The molecule has 100 valence electrons. The third-order valence-electron chi connectivity index (χ3n) is 3.06. The summed E-state index contributed by atoms with van der Waals surface area (Å²) in [6.07, 6.45) is 0.929. The fraction of sp³-hybridized carbons (Fsp3) is 0.500. The Morgan fingerprint density at radius 2 is 2.28 bits per heavy atom. The number of rotatable bonds is 4. The summed E-state index contributed by atoms with van der Waals surface area (Å²) < 4.78 is 27.5. The van der Waals surface area contributed by atoms with E-state index < -0.39 is 10.0 Å². The third kappa shape index (κ3) is 3.70. The minimum atomic E-state index is -3.26. The zero-order valence-corrected chi connectivity index (χ0v) is 12.6. The average molecular weight is 333 g/mol. The van der Waals surface area contributed by atoms with E-state index in [1.165, 1.54) is 0 Å². The summed E-state index contributed by atoms with van der Waals surface area (Å²) in [4.78, 5) is 0. The maximum absolute atomic E-state index is 12.0. The first-order valence-corrected chi connectivity index (χ1v) is 8.38. The molecule has 1 aromatic carbocycles. The fourth-order valence-corrected chi connectivity index (χ4v) is 3.90. The zero-order valence-electron chi connectivity index (χ0n) is 10.2. The Kier molecular flexibility index (Phi) is 4.29. The lowest BCUT2D eigenvalue weighted by molar-refractivity contribution is 0.575. The summed E-state index contributed by atoms with van der Waals surface area (Å²) in [5.41, 5.74) is 1.69. The van der Waals surface area contributed by atoms with Crippen LogP contribution in [0.3, 0.4) is 0 Å². The Morgan fingerprint density at radius 1 is 1.50 bits per heavy atom. The van der Waals surface area contributed by atoms with Crippen LogP contribution >= 0.6 is 15.9 Å². The molecule has 1 unspecified atom stereocenters. The number of hydrogen-bond donors (Lipinski definition) is 2. The van der Waals surface area contributed by atoms with Gasteiger partial charge in [0.05, 0.1) is 5.75 Å². The quantitative estimate of drug-likeness (QED) is 0.887. The molecule has 1 aliphatic heterocycles. The zero-order chi connectivity index (χ0) is 13.2. The first-order valence-electron chi connectivity index (χ1n) is 5.94. The van der Waals surface area contributed by atoms with Crippen LogP contribution in [0.1, 0.15) is 12.0 Å². The van der Waals surface area contributed by atoms with E-state index in [0.29, 0.717) is 5.69 Å². The van der Waals surface area contributed by atoms with E-state index in [4.69, 9.17) is 0 Å². The Morgan fingerprint density at radius 3 is 2.89 bits per heavy atom. The highest BCUT2D eigenvalue weighted by atomic mass is 79.9. The molecule has 0 spiro atoms. The van der Waals surface area contributed by atoms with Crippen LogP contribution in [0.2, 0.25) is 0 Å². The molecule has 0 amide bonds. The second kappa shape index (κ2) is 5.59. The Bertz CT molecular complexity index is 525. The molecule has 6 heteroatoms. The monoisotopic (exact) mass is 332 g/mol. The number of anilines is 1. The lowest BCUT2D eigenvalue weighted by Crippen LogP contribution is -2.24. The second-order valence-electron chi connectivity index (χ2n) is 4.71. The molecule has 1 fully saturated rings. The van der Waals surface area contributed by atoms with Gasteiger partial charge in [-0.1, -0.05) is 22.0 Å². The minimum absolute atomic E-state index is 0.186. The predicted molar refractivity (Wildman–Crippen MR) is 77.3 cm³/mol. The molecule has 1 heterocycles. The van der Waals surface area contributed by atoms with Gasteiger partial charge in [0.15, 0.2) is 0 Å². The lowest BCUT2D eigenvalue weighted by Gasteiger charge is -2.12. The molecule has 2 rings (SSSR count). The van der Waals surface area contributed by atoms with E-state index in [-0.39, 0.29) is 11.7 Å². The second-order valence-corrected chi connectivity index (χ2v) is 7.33. The van der Waals surface area contributed by atoms with E-state index >= 15 is 0 Å². The van der Waals surface area contributed by atoms with Gasteiger partial charge in [0, 0.05) is 10.2 Å². The highest BCUT2D eigenvalue weighted by Crippen LogP contribution is 2.22. The van der Waals surface area contributed by atoms with Gasteiger partial charge in [0.25, 0.3) is 0 Å². The fourth-order valence-electron chi connectivity index (χ4n) is 2.04. The van der Waals surface area contributed by atoms with E-state index in [1.807, 2.05) is 13.0 Å². The van der Waals surface area contributed by atoms with Gasteiger partial charge >= 0.3 is 0 Å². The molecule has 0 radical (unpaired) electrons. The van der Waals surface area contributed by atoms with Crippen molar-refractivity contribution in [3.63, 3.8) is 0 Å².